The Morgan fingerprint density at radius 3 is 2.53 bits per heavy atom. The van der Waals surface area contributed by atoms with Gasteiger partial charge in [-0.05, 0) is 73.7 Å². The summed E-state index contributed by atoms with van der Waals surface area (Å²) in [4.78, 5) is 15.4. The van der Waals surface area contributed by atoms with Gasteiger partial charge < -0.3 is 15.4 Å². The zero-order chi connectivity index (χ0) is 22.5. The van der Waals surface area contributed by atoms with E-state index >= 15 is 0 Å². The smallest absolute Gasteiger partial charge is 0.236 e. The van der Waals surface area contributed by atoms with Gasteiger partial charge in [-0.1, -0.05) is 29.8 Å². The first-order valence-electron chi connectivity index (χ1n) is 10.1. The van der Waals surface area contributed by atoms with Gasteiger partial charge in [-0.25, -0.2) is 4.39 Å². The number of benzene rings is 3. The quantitative estimate of drug-likeness (QED) is 0.513. The third kappa shape index (κ3) is 3.38. The molecular formula is C24H19ClFN3O2S. The van der Waals surface area contributed by atoms with E-state index in [4.69, 9.17) is 28.6 Å². The second-order valence-electron chi connectivity index (χ2n) is 7.91. The number of carbonyl (C=O) groups is 1. The van der Waals surface area contributed by atoms with Crippen LogP contribution in [0.1, 0.15) is 18.5 Å². The van der Waals surface area contributed by atoms with Crippen molar-refractivity contribution in [2.45, 2.75) is 18.7 Å². The van der Waals surface area contributed by atoms with Crippen LogP contribution in [0.4, 0.5) is 15.8 Å². The Labute approximate surface area is 195 Å². The van der Waals surface area contributed by atoms with Crippen molar-refractivity contribution in [2.75, 3.05) is 10.2 Å². The van der Waals surface area contributed by atoms with Crippen LogP contribution >= 0.6 is 23.8 Å². The fourth-order valence-electron chi connectivity index (χ4n) is 4.46. The van der Waals surface area contributed by atoms with E-state index < -0.39 is 17.7 Å². The van der Waals surface area contributed by atoms with Crippen LogP contribution in [0, 0.1) is 11.7 Å². The van der Waals surface area contributed by atoms with Crippen LogP contribution in [0.5, 0.6) is 5.75 Å². The number of carbonyl (C=O) groups excluding carboxylic acids is 1. The van der Waals surface area contributed by atoms with E-state index in [1.807, 2.05) is 31.2 Å². The Kier molecular flexibility index (Phi) is 5.03. The molecule has 0 spiro atoms. The highest BCUT2D eigenvalue weighted by atomic mass is 35.5. The molecule has 2 N–H and O–H groups in total. The molecule has 2 heterocycles. The first kappa shape index (κ1) is 20.7. The van der Waals surface area contributed by atoms with Crippen LogP contribution in [0.3, 0.4) is 0 Å². The number of thiocarbonyl (C=S) groups is 1. The number of halogens is 2. The molecule has 0 aliphatic carbocycles. The number of nitrogens with zero attached hydrogens (tertiary/aromatic N) is 1. The zero-order valence-corrected chi connectivity index (χ0v) is 18.6. The van der Waals surface area contributed by atoms with Crippen LogP contribution in [-0.4, -0.2) is 16.7 Å². The number of fused-ring (bicyclic) bond motifs is 4. The fraction of sp³-hybridized carbons (Fsp3) is 0.167. The Hall–Kier alpha value is -3.16. The summed E-state index contributed by atoms with van der Waals surface area (Å²) in [5, 5.41) is 7.27. The molecule has 3 atom stereocenters. The van der Waals surface area contributed by atoms with Gasteiger partial charge in [-0.15, -0.1) is 0 Å². The summed E-state index contributed by atoms with van der Waals surface area (Å²) in [5.74, 6) is -0.612. The summed E-state index contributed by atoms with van der Waals surface area (Å²) in [6.45, 7) is 1.83. The topological polar surface area (TPSA) is 53.6 Å². The van der Waals surface area contributed by atoms with E-state index in [2.05, 4.69) is 10.6 Å². The molecule has 1 saturated heterocycles. The molecule has 32 heavy (non-hydrogen) atoms. The molecule has 1 fully saturated rings. The van der Waals surface area contributed by atoms with Gasteiger partial charge >= 0.3 is 0 Å². The van der Waals surface area contributed by atoms with Gasteiger partial charge in [0, 0.05) is 22.0 Å². The fourth-order valence-corrected chi connectivity index (χ4v) is 5.00. The maximum Gasteiger partial charge on any atom is 0.236 e. The monoisotopic (exact) mass is 467 g/mol. The molecule has 0 saturated carbocycles. The molecule has 2 aliphatic heterocycles. The zero-order valence-electron chi connectivity index (χ0n) is 17.0. The van der Waals surface area contributed by atoms with E-state index in [9.17, 15) is 9.18 Å². The number of ether oxygens (including phenoxy) is 1. The third-order valence-electron chi connectivity index (χ3n) is 5.89. The van der Waals surface area contributed by atoms with Crippen LogP contribution in [0.15, 0.2) is 72.8 Å². The Bertz CT molecular complexity index is 1200. The average molecular weight is 468 g/mol. The normalized spacial score (nSPS) is 23.6. The van der Waals surface area contributed by atoms with E-state index in [1.165, 1.54) is 12.1 Å². The Balaban J connectivity index is 1.60. The average Bonchev–Trinajstić information content (AvgIpc) is 2.76. The van der Waals surface area contributed by atoms with Gasteiger partial charge in [-0.2, -0.15) is 0 Å². The Morgan fingerprint density at radius 1 is 1.12 bits per heavy atom. The number of hydrogen-bond donors (Lipinski definition) is 2. The molecule has 8 heteroatoms. The summed E-state index contributed by atoms with van der Waals surface area (Å²) in [5.41, 5.74) is 0.932. The van der Waals surface area contributed by atoms with Gasteiger partial charge in [0.05, 0.1) is 6.04 Å². The first-order chi connectivity index (χ1) is 15.4. The van der Waals surface area contributed by atoms with Gasteiger partial charge in [0.1, 0.15) is 17.5 Å². The molecule has 3 aromatic carbocycles. The number of anilines is 2. The highest BCUT2D eigenvalue weighted by Gasteiger charge is 2.59. The van der Waals surface area contributed by atoms with Gasteiger partial charge in [-0.3, -0.25) is 9.69 Å². The number of rotatable bonds is 3. The lowest BCUT2D eigenvalue weighted by Gasteiger charge is -2.56. The predicted octanol–water partition coefficient (Wildman–Crippen LogP) is 5.28. The lowest BCUT2D eigenvalue weighted by atomic mass is 9.78. The number of nitrogens with one attached hydrogen (secondary N) is 2. The first-order valence-corrected chi connectivity index (χ1v) is 10.9. The van der Waals surface area contributed by atoms with Crippen molar-refractivity contribution in [1.29, 1.82) is 0 Å². The summed E-state index contributed by atoms with van der Waals surface area (Å²) >= 11 is 11.7. The molecule has 5 rings (SSSR count). The minimum Gasteiger partial charge on any atom is -0.467 e. The van der Waals surface area contributed by atoms with Crippen LogP contribution in [0.2, 0.25) is 5.02 Å². The molecule has 2 aliphatic rings. The molecule has 5 nitrogen and oxygen atoms in total. The number of para-hydroxylation sites is 1. The maximum absolute atomic E-state index is 13.6. The summed E-state index contributed by atoms with van der Waals surface area (Å²) in [7, 11) is 0. The molecule has 0 aromatic heterocycles. The van der Waals surface area contributed by atoms with Crippen molar-refractivity contribution in [3.63, 3.8) is 0 Å². The highest BCUT2D eigenvalue weighted by molar-refractivity contribution is 7.80. The summed E-state index contributed by atoms with van der Waals surface area (Å²) in [6, 6.07) is 20.0. The van der Waals surface area contributed by atoms with Crippen molar-refractivity contribution in [1.82, 2.24) is 5.32 Å². The molecule has 0 unspecified atom stereocenters. The van der Waals surface area contributed by atoms with Gasteiger partial charge in [0.25, 0.3) is 0 Å². The van der Waals surface area contributed by atoms with E-state index in [-0.39, 0.29) is 11.7 Å². The predicted molar refractivity (Wildman–Crippen MR) is 126 cm³/mol. The Morgan fingerprint density at radius 2 is 1.81 bits per heavy atom. The minimum absolute atomic E-state index is 0.239. The van der Waals surface area contributed by atoms with Crippen molar-refractivity contribution in [2.24, 2.45) is 5.92 Å². The minimum atomic E-state index is -1.16. The lowest BCUT2D eigenvalue weighted by molar-refractivity contribution is -0.130. The standard InChI is InChI=1S/C24H19ClFN3O2S/c1-24-20(22(30)27-16-10-6-14(25)7-11-16)21(18-4-2-3-5-19(18)31-24)28-23(32)29(24)17-12-8-15(26)9-13-17/h2-13,20-21H,1H3,(H,27,30)(H,28,32)/t20-,21-,24+/m1/s1. The van der Waals surface area contributed by atoms with Crippen molar-refractivity contribution in [3.8, 4) is 5.75 Å². The molecule has 0 radical (unpaired) electrons. The lowest BCUT2D eigenvalue weighted by Crippen LogP contribution is -2.72. The molecular weight excluding hydrogens is 449 g/mol. The van der Waals surface area contributed by atoms with Gasteiger partial charge in [0.2, 0.25) is 5.91 Å². The van der Waals surface area contributed by atoms with E-state index in [0.717, 1.165) is 5.56 Å². The van der Waals surface area contributed by atoms with Crippen LogP contribution < -0.4 is 20.3 Å². The molecule has 3 aromatic rings. The van der Waals surface area contributed by atoms with Crippen LogP contribution in [-0.2, 0) is 4.79 Å². The second-order valence-corrected chi connectivity index (χ2v) is 8.73. The number of hydrogen-bond acceptors (Lipinski definition) is 3. The van der Waals surface area contributed by atoms with Crippen molar-refractivity contribution >= 4 is 46.2 Å². The molecule has 2 bridgehead atoms. The molecule has 1 amide bonds. The highest BCUT2D eigenvalue weighted by Crippen LogP contribution is 2.49. The second kappa shape index (κ2) is 7.76. The summed E-state index contributed by atoms with van der Waals surface area (Å²) in [6.07, 6.45) is 0. The van der Waals surface area contributed by atoms with Gasteiger partial charge in [0.15, 0.2) is 10.8 Å². The SMILES string of the molecule is C[C@@]12Oc3ccccc3[C@@H](NC(=S)N1c1ccc(F)cc1)[C@@H]2C(=O)Nc1ccc(Cl)cc1. The number of amides is 1. The summed E-state index contributed by atoms with van der Waals surface area (Å²) < 4.78 is 20.1. The van der Waals surface area contributed by atoms with E-state index in [1.54, 1.807) is 41.3 Å². The van der Waals surface area contributed by atoms with E-state index in [0.29, 0.717) is 27.3 Å². The van der Waals surface area contributed by atoms with Crippen LogP contribution in [0.25, 0.3) is 0 Å². The third-order valence-corrected chi connectivity index (χ3v) is 6.44. The molecule has 162 valence electrons. The maximum atomic E-state index is 13.6. The van der Waals surface area contributed by atoms with Crippen molar-refractivity contribution < 1.29 is 13.9 Å². The van der Waals surface area contributed by atoms with Crippen molar-refractivity contribution in [3.05, 3.63) is 89.2 Å². The largest absolute Gasteiger partial charge is 0.467 e.